The maximum absolute atomic E-state index is 11.7. The Labute approximate surface area is 133 Å². The number of rotatable bonds is 5. The van der Waals surface area contributed by atoms with Crippen LogP contribution >= 0.6 is 11.3 Å². The summed E-state index contributed by atoms with van der Waals surface area (Å²) in [7, 11) is 0. The fourth-order valence-electron chi connectivity index (χ4n) is 1.70. The van der Waals surface area contributed by atoms with E-state index in [0.717, 1.165) is 27.8 Å². The molecule has 0 unspecified atom stereocenters. The van der Waals surface area contributed by atoms with E-state index in [1.165, 1.54) is 11.3 Å². The molecule has 2 aromatic heterocycles. The van der Waals surface area contributed by atoms with Crippen LogP contribution in [0.3, 0.4) is 0 Å². The standard InChI is InChI=1S/C13H12N4O5S/c18-11(15-13(20)14-6-10-2-1-5-23-10)8-16-7-9(17(21)22)3-4-12(16)19/h1-5,7H,6,8H2,(H2,14,15,18,20). The van der Waals surface area contributed by atoms with E-state index in [9.17, 15) is 24.5 Å². The molecule has 0 aliphatic carbocycles. The molecule has 10 heteroatoms. The summed E-state index contributed by atoms with van der Waals surface area (Å²) < 4.78 is 0.861. The lowest BCUT2D eigenvalue weighted by Gasteiger charge is -2.07. The SMILES string of the molecule is O=C(Cn1cc([N+](=O)[O-])ccc1=O)NC(=O)NCc1cccs1. The Balaban J connectivity index is 1.91. The van der Waals surface area contributed by atoms with E-state index in [1.807, 2.05) is 17.5 Å². The number of hydrogen-bond acceptors (Lipinski definition) is 6. The minimum Gasteiger partial charge on any atom is -0.333 e. The molecular weight excluding hydrogens is 324 g/mol. The van der Waals surface area contributed by atoms with Gasteiger partial charge in [-0.3, -0.25) is 29.6 Å². The van der Waals surface area contributed by atoms with E-state index in [0.29, 0.717) is 0 Å². The minimum absolute atomic E-state index is 0.271. The van der Waals surface area contributed by atoms with E-state index in [-0.39, 0.29) is 12.2 Å². The summed E-state index contributed by atoms with van der Waals surface area (Å²) in [5.74, 6) is -0.753. The molecule has 2 N–H and O–H groups in total. The second kappa shape index (κ2) is 7.31. The lowest BCUT2D eigenvalue weighted by Crippen LogP contribution is -2.41. The Morgan fingerprint density at radius 1 is 1.30 bits per heavy atom. The summed E-state index contributed by atoms with van der Waals surface area (Å²) in [6.07, 6.45) is 0.950. The van der Waals surface area contributed by atoms with Gasteiger partial charge in [-0.2, -0.15) is 0 Å². The highest BCUT2D eigenvalue weighted by molar-refractivity contribution is 7.09. The van der Waals surface area contributed by atoms with E-state index >= 15 is 0 Å². The third-order valence-electron chi connectivity index (χ3n) is 2.75. The van der Waals surface area contributed by atoms with E-state index in [2.05, 4.69) is 10.6 Å². The van der Waals surface area contributed by atoms with Crippen molar-refractivity contribution in [2.75, 3.05) is 0 Å². The number of carbonyl (C=O) groups is 2. The third-order valence-corrected chi connectivity index (χ3v) is 3.63. The lowest BCUT2D eigenvalue weighted by atomic mass is 10.4. The van der Waals surface area contributed by atoms with Gasteiger partial charge in [0.25, 0.3) is 11.2 Å². The van der Waals surface area contributed by atoms with Gasteiger partial charge in [0.1, 0.15) is 6.54 Å². The molecule has 2 aromatic rings. The van der Waals surface area contributed by atoms with Crippen molar-refractivity contribution in [1.29, 1.82) is 0 Å². The summed E-state index contributed by atoms with van der Waals surface area (Å²) in [4.78, 5) is 45.7. The molecule has 23 heavy (non-hydrogen) atoms. The van der Waals surface area contributed by atoms with Gasteiger partial charge in [-0.1, -0.05) is 6.07 Å². The lowest BCUT2D eigenvalue weighted by molar-refractivity contribution is -0.385. The molecule has 0 atom stereocenters. The normalized spacial score (nSPS) is 10.1. The maximum Gasteiger partial charge on any atom is 0.321 e. The van der Waals surface area contributed by atoms with Gasteiger partial charge < -0.3 is 5.32 Å². The highest BCUT2D eigenvalue weighted by Gasteiger charge is 2.12. The maximum atomic E-state index is 11.7. The molecule has 2 heterocycles. The van der Waals surface area contributed by atoms with Crippen molar-refractivity contribution in [3.8, 4) is 0 Å². The van der Waals surface area contributed by atoms with Crippen LogP contribution in [0.4, 0.5) is 10.5 Å². The number of carbonyl (C=O) groups excluding carboxylic acids is 2. The zero-order chi connectivity index (χ0) is 16.8. The zero-order valence-corrected chi connectivity index (χ0v) is 12.5. The van der Waals surface area contributed by atoms with Crippen LogP contribution in [-0.2, 0) is 17.9 Å². The molecule has 0 radical (unpaired) electrons. The second-order valence-electron chi connectivity index (χ2n) is 4.42. The predicted molar refractivity (Wildman–Crippen MR) is 82.1 cm³/mol. The average Bonchev–Trinajstić information content (AvgIpc) is 3.00. The topological polar surface area (TPSA) is 123 Å². The molecule has 0 bridgehead atoms. The number of aromatic nitrogens is 1. The van der Waals surface area contributed by atoms with Crippen LogP contribution in [0.25, 0.3) is 0 Å². The first-order valence-electron chi connectivity index (χ1n) is 6.40. The average molecular weight is 336 g/mol. The van der Waals surface area contributed by atoms with E-state index < -0.39 is 29.0 Å². The number of urea groups is 1. The van der Waals surface area contributed by atoms with Gasteiger partial charge in [0.15, 0.2) is 0 Å². The zero-order valence-electron chi connectivity index (χ0n) is 11.7. The number of thiophene rings is 1. The minimum atomic E-state index is -0.753. The number of nitro groups is 1. The molecule has 9 nitrogen and oxygen atoms in total. The number of nitrogens with zero attached hydrogens (tertiary/aromatic N) is 2. The molecule has 0 fully saturated rings. The van der Waals surface area contributed by atoms with Crippen LogP contribution in [-0.4, -0.2) is 21.4 Å². The third kappa shape index (κ3) is 4.74. The fourth-order valence-corrected chi connectivity index (χ4v) is 2.34. The van der Waals surface area contributed by atoms with Crippen molar-refractivity contribution >= 4 is 29.0 Å². The highest BCUT2D eigenvalue weighted by Crippen LogP contribution is 2.07. The van der Waals surface area contributed by atoms with Gasteiger partial charge in [-0.25, -0.2) is 4.79 Å². The van der Waals surface area contributed by atoms with Gasteiger partial charge in [-0.15, -0.1) is 11.3 Å². The Morgan fingerprint density at radius 3 is 2.74 bits per heavy atom. The summed E-state index contributed by atoms with van der Waals surface area (Å²) in [5, 5.41) is 17.1. The van der Waals surface area contributed by atoms with Crippen molar-refractivity contribution in [2.45, 2.75) is 13.1 Å². The highest BCUT2D eigenvalue weighted by atomic mass is 32.1. The number of pyridine rings is 1. The smallest absolute Gasteiger partial charge is 0.321 e. The molecule has 3 amide bonds. The van der Waals surface area contributed by atoms with Gasteiger partial charge in [0.2, 0.25) is 5.91 Å². The van der Waals surface area contributed by atoms with Crippen LogP contribution in [0.15, 0.2) is 40.6 Å². The summed E-state index contributed by atoms with van der Waals surface area (Å²) in [6.45, 7) is -0.222. The van der Waals surface area contributed by atoms with E-state index in [4.69, 9.17) is 0 Å². The molecule has 0 saturated heterocycles. The van der Waals surface area contributed by atoms with Crippen LogP contribution in [0.5, 0.6) is 0 Å². The molecule has 0 aliphatic heterocycles. The fraction of sp³-hybridized carbons (Fsp3) is 0.154. The largest absolute Gasteiger partial charge is 0.333 e. The van der Waals surface area contributed by atoms with Gasteiger partial charge in [0.05, 0.1) is 17.7 Å². The summed E-state index contributed by atoms with van der Waals surface area (Å²) in [6, 6.07) is 4.99. The predicted octanol–water partition coefficient (Wildman–Crippen LogP) is 0.844. The molecule has 0 spiro atoms. The number of imide groups is 1. The molecule has 2 rings (SSSR count). The van der Waals surface area contributed by atoms with Gasteiger partial charge in [0, 0.05) is 17.0 Å². The van der Waals surface area contributed by atoms with Crippen molar-refractivity contribution < 1.29 is 14.5 Å². The van der Waals surface area contributed by atoms with Gasteiger partial charge in [-0.05, 0) is 11.4 Å². The van der Waals surface area contributed by atoms with Crippen LogP contribution in [0.2, 0.25) is 0 Å². The van der Waals surface area contributed by atoms with Crippen molar-refractivity contribution in [2.24, 2.45) is 0 Å². The Morgan fingerprint density at radius 2 is 2.09 bits per heavy atom. The van der Waals surface area contributed by atoms with Crippen molar-refractivity contribution in [1.82, 2.24) is 15.2 Å². The van der Waals surface area contributed by atoms with Crippen LogP contribution < -0.4 is 16.2 Å². The number of amides is 3. The van der Waals surface area contributed by atoms with Crippen LogP contribution in [0, 0.1) is 10.1 Å². The quantitative estimate of drug-likeness (QED) is 0.619. The molecule has 120 valence electrons. The number of hydrogen-bond donors (Lipinski definition) is 2. The first kappa shape index (κ1) is 16.4. The van der Waals surface area contributed by atoms with Crippen molar-refractivity contribution in [3.63, 3.8) is 0 Å². The second-order valence-corrected chi connectivity index (χ2v) is 5.45. The number of nitrogens with one attached hydrogen (secondary N) is 2. The summed E-state index contributed by atoms with van der Waals surface area (Å²) >= 11 is 1.46. The first-order valence-corrected chi connectivity index (χ1v) is 7.28. The molecule has 0 saturated carbocycles. The van der Waals surface area contributed by atoms with E-state index in [1.54, 1.807) is 0 Å². The van der Waals surface area contributed by atoms with Crippen molar-refractivity contribution in [3.05, 3.63) is 61.2 Å². The first-order chi connectivity index (χ1) is 11.0. The summed E-state index contributed by atoms with van der Waals surface area (Å²) in [5.41, 5.74) is -0.899. The monoisotopic (exact) mass is 336 g/mol. The molecular formula is C13H12N4O5S. The van der Waals surface area contributed by atoms with Gasteiger partial charge >= 0.3 is 6.03 Å². The van der Waals surface area contributed by atoms with Crippen LogP contribution in [0.1, 0.15) is 4.88 Å². The molecule has 0 aromatic carbocycles. The Hall–Kier alpha value is -3.01. The Bertz CT molecular complexity index is 784. The Kier molecular flexibility index (Phi) is 5.20. The molecule has 0 aliphatic rings.